The van der Waals surface area contributed by atoms with Gasteiger partial charge in [-0.05, 0) is 60.4 Å². The number of nitrogens with one attached hydrogen (secondary N) is 1. The summed E-state index contributed by atoms with van der Waals surface area (Å²) in [6.07, 6.45) is 2.41. The molecule has 0 aromatic heterocycles. The van der Waals surface area contributed by atoms with Crippen LogP contribution in [0.15, 0.2) is 42.5 Å². The van der Waals surface area contributed by atoms with E-state index in [0.29, 0.717) is 5.92 Å². The van der Waals surface area contributed by atoms with Gasteiger partial charge < -0.3 is 5.32 Å². The van der Waals surface area contributed by atoms with Gasteiger partial charge >= 0.3 is 0 Å². The molecule has 2 aromatic rings. The molecule has 1 nitrogen and oxygen atoms in total. The SMILES string of the molecule is Cc1cccc(C)c1CCC1CNCc2ccccc21. The van der Waals surface area contributed by atoms with Crippen LogP contribution in [0.1, 0.15) is 40.2 Å². The molecule has 0 fully saturated rings. The molecule has 1 heteroatoms. The third-order valence-electron chi connectivity index (χ3n) is 4.59. The lowest BCUT2D eigenvalue weighted by Crippen LogP contribution is -2.28. The second-order valence-corrected chi connectivity index (χ2v) is 5.94. The molecule has 104 valence electrons. The highest BCUT2D eigenvalue weighted by Gasteiger charge is 2.19. The largest absolute Gasteiger partial charge is 0.312 e. The van der Waals surface area contributed by atoms with Gasteiger partial charge in [-0.3, -0.25) is 0 Å². The van der Waals surface area contributed by atoms with Crippen LogP contribution in [0, 0.1) is 13.8 Å². The Kier molecular flexibility index (Phi) is 3.88. The van der Waals surface area contributed by atoms with Gasteiger partial charge in [-0.25, -0.2) is 0 Å². The van der Waals surface area contributed by atoms with Crippen molar-refractivity contribution in [2.75, 3.05) is 6.54 Å². The fraction of sp³-hybridized carbons (Fsp3) is 0.368. The van der Waals surface area contributed by atoms with Crippen molar-refractivity contribution < 1.29 is 0 Å². The summed E-state index contributed by atoms with van der Waals surface area (Å²) in [6, 6.07) is 15.5. The molecule has 1 aliphatic rings. The molecule has 1 N–H and O–H groups in total. The minimum atomic E-state index is 0.652. The maximum Gasteiger partial charge on any atom is 0.0208 e. The highest BCUT2D eigenvalue weighted by Crippen LogP contribution is 2.28. The van der Waals surface area contributed by atoms with Gasteiger partial charge in [0.25, 0.3) is 0 Å². The van der Waals surface area contributed by atoms with Gasteiger partial charge in [0.1, 0.15) is 0 Å². The zero-order chi connectivity index (χ0) is 13.9. The second-order valence-electron chi connectivity index (χ2n) is 5.94. The number of benzene rings is 2. The molecule has 2 aromatic carbocycles. The first-order valence-electron chi connectivity index (χ1n) is 7.59. The fourth-order valence-corrected chi connectivity index (χ4v) is 3.40. The van der Waals surface area contributed by atoms with E-state index in [1.807, 2.05) is 0 Å². The third kappa shape index (κ3) is 2.64. The predicted octanol–water partition coefficient (Wildman–Crippen LogP) is 4.12. The van der Waals surface area contributed by atoms with Gasteiger partial charge in [0.15, 0.2) is 0 Å². The number of aryl methyl sites for hydroxylation is 2. The van der Waals surface area contributed by atoms with E-state index in [-0.39, 0.29) is 0 Å². The van der Waals surface area contributed by atoms with E-state index >= 15 is 0 Å². The van der Waals surface area contributed by atoms with Crippen molar-refractivity contribution in [2.24, 2.45) is 0 Å². The smallest absolute Gasteiger partial charge is 0.0208 e. The Morgan fingerprint density at radius 2 is 1.75 bits per heavy atom. The Bertz CT molecular complexity index is 580. The quantitative estimate of drug-likeness (QED) is 0.880. The van der Waals surface area contributed by atoms with E-state index in [1.165, 1.54) is 35.1 Å². The van der Waals surface area contributed by atoms with Crippen LogP contribution in [-0.4, -0.2) is 6.54 Å². The number of fused-ring (bicyclic) bond motifs is 1. The van der Waals surface area contributed by atoms with Crippen molar-refractivity contribution in [1.82, 2.24) is 5.32 Å². The molecule has 0 amide bonds. The van der Waals surface area contributed by atoms with Gasteiger partial charge in [-0.15, -0.1) is 0 Å². The van der Waals surface area contributed by atoms with Gasteiger partial charge in [0.2, 0.25) is 0 Å². The van der Waals surface area contributed by atoms with Crippen LogP contribution in [-0.2, 0) is 13.0 Å². The first kappa shape index (κ1) is 13.4. The van der Waals surface area contributed by atoms with Crippen molar-refractivity contribution in [1.29, 1.82) is 0 Å². The van der Waals surface area contributed by atoms with Crippen molar-refractivity contribution in [3.63, 3.8) is 0 Å². The van der Waals surface area contributed by atoms with Gasteiger partial charge in [0.05, 0.1) is 0 Å². The Labute approximate surface area is 122 Å². The summed E-state index contributed by atoms with van der Waals surface area (Å²) in [5.41, 5.74) is 7.43. The lowest BCUT2D eigenvalue weighted by atomic mass is 9.85. The molecule has 1 aliphatic heterocycles. The summed E-state index contributed by atoms with van der Waals surface area (Å²) < 4.78 is 0. The zero-order valence-electron chi connectivity index (χ0n) is 12.4. The van der Waals surface area contributed by atoms with Crippen LogP contribution in [0.3, 0.4) is 0 Å². The van der Waals surface area contributed by atoms with Crippen LogP contribution >= 0.6 is 0 Å². The molecule has 1 heterocycles. The van der Waals surface area contributed by atoms with Crippen molar-refractivity contribution in [2.45, 2.75) is 39.2 Å². The molecular formula is C19H23N. The number of hydrogen-bond acceptors (Lipinski definition) is 1. The standard InChI is InChI=1S/C19H23N/c1-14-6-5-7-15(2)18(14)11-10-17-13-20-12-16-8-3-4-9-19(16)17/h3-9,17,20H,10-13H2,1-2H3. The molecule has 0 saturated heterocycles. The highest BCUT2D eigenvalue weighted by atomic mass is 14.9. The van der Waals surface area contributed by atoms with Crippen LogP contribution in [0.4, 0.5) is 0 Å². The minimum Gasteiger partial charge on any atom is -0.312 e. The van der Waals surface area contributed by atoms with Crippen LogP contribution in [0.5, 0.6) is 0 Å². The molecule has 0 spiro atoms. The molecule has 0 saturated carbocycles. The Balaban J connectivity index is 1.77. The molecule has 1 atom stereocenters. The van der Waals surface area contributed by atoms with Crippen LogP contribution in [0.2, 0.25) is 0 Å². The fourth-order valence-electron chi connectivity index (χ4n) is 3.40. The molecular weight excluding hydrogens is 242 g/mol. The Hall–Kier alpha value is -1.60. The van der Waals surface area contributed by atoms with Crippen LogP contribution in [0.25, 0.3) is 0 Å². The molecule has 20 heavy (non-hydrogen) atoms. The maximum atomic E-state index is 3.56. The topological polar surface area (TPSA) is 12.0 Å². The van der Waals surface area contributed by atoms with E-state index in [2.05, 4.69) is 61.6 Å². The molecule has 0 radical (unpaired) electrons. The minimum absolute atomic E-state index is 0.652. The van der Waals surface area contributed by atoms with E-state index in [4.69, 9.17) is 0 Å². The average Bonchev–Trinajstić information content (AvgIpc) is 2.47. The normalized spacial score (nSPS) is 17.8. The van der Waals surface area contributed by atoms with Gasteiger partial charge in [-0.2, -0.15) is 0 Å². The van der Waals surface area contributed by atoms with E-state index in [0.717, 1.165) is 13.1 Å². The monoisotopic (exact) mass is 265 g/mol. The van der Waals surface area contributed by atoms with E-state index < -0.39 is 0 Å². The van der Waals surface area contributed by atoms with Crippen molar-refractivity contribution in [3.8, 4) is 0 Å². The first-order chi connectivity index (χ1) is 9.75. The van der Waals surface area contributed by atoms with Crippen molar-refractivity contribution >= 4 is 0 Å². The summed E-state index contributed by atoms with van der Waals surface area (Å²) in [5, 5.41) is 3.56. The molecule has 1 unspecified atom stereocenters. The molecule has 0 bridgehead atoms. The number of rotatable bonds is 3. The predicted molar refractivity (Wildman–Crippen MR) is 85.1 cm³/mol. The summed E-state index contributed by atoms with van der Waals surface area (Å²) in [4.78, 5) is 0. The maximum absolute atomic E-state index is 3.56. The number of hydrogen-bond donors (Lipinski definition) is 1. The lowest BCUT2D eigenvalue weighted by Gasteiger charge is -2.26. The molecule has 0 aliphatic carbocycles. The first-order valence-corrected chi connectivity index (χ1v) is 7.59. The van der Waals surface area contributed by atoms with Gasteiger partial charge in [-0.1, -0.05) is 42.5 Å². The summed E-state index contributed by atoms with van der Waals surface area (Å²) in [6.45, 7) is 6.60. The van der Waals surface area contributed by atoms with Crippen LogP contribution < -0.4 is 5.32 Å². The zero-order valence-corrected chi connectivity index (χ0v) is 12.4. The Morgan fingerprint density at radius 3 is 2.55 bits per heavy atom. The van der Waals surface area contributed by atoms with Gasteiger partial charge in [0, 0.05) is 13.1 Å². The molecule has 3 rings (SSSR count). The average molecular weight is 265 g/mol. The third-order valence-corrected chi connectivity index (χ3v) is 4.59. The van der Waals surface area contributed by atoms with Crippen molar-refractivity contribution in [3.05, 3.63) is 70.3 Å². The van der Waals surface area contributed by atoms with E-state index in [1.54, 1.807) is 5.56 Å². The summed E-state index contributed by atoms with van der Waals surface area (Å²) >= 11 is 0. The second kappa shape index (κ2) is 5.80. The highest BCUT2D eigenvalue weighted by molar-refractivity contribution is 5.35. The Morgan fingerprint density at radius 1 is 1.00 bits per heavy atom. The summed E-state index contributed by atoms with van der Waals surface area (Å²) in [5.74, 6) is 0.652. The summed E-state index contributed by atoms with van der Waals surface area (Å²) in [7, 11) is 0. The lowest BCUT2D eigenvalue weighted by molar-refractivity contribution is 0.513. The van der Waals surface area contributed by atoms with E-state index in [9.17, 15) is 0 Å².